The predicted octanol–water partition coefficient (Wildman–Crippen LogP) is 3.97. The molecule has 5 N–H and O–H groups in total. The molecule has 0 saturated carbocycles. The number of aromatic hydroxyl groups is 1. The van der Waals surface area contributed by atoms with E-state index >= 15 is 0 Å². The van der Waals surface area contributed by atoms with Gasteiger partial charge in [-0.1, -0.05) is 53.0 Å². The number of hydrogen-bond acceptors (Lipinski definition) is 5. The van der Waals surface area contributed by atoms with Gasteiger partial charge in [-0.05, 0) is 18.9 Å². The highest BCUT2D eigenvalue weighted by atomic mass is 35.5. The van der Waals surface area contributed by atoms with Gasteiger partial charge in [0.15, 0.2) is 0 Å². The Balaban J connectivity index is 2.08. The fourth-order valence-electron chi connectivity index (χ4n) is 3.12. The first-order valence-corrected chi connectivity index (χ1v) is 11.4. The molecular weight excluding hydrogens is 477 g/mol. The van der Waals surface area contributed by atoms with E-state index in [4.69, 9.17) is 45.3 Å². The van der Waals surface area contributed by atoms with E-state index in [1.54, 1.807) is 6.07 Å². The summed E-state index contributed by atoms with van der Waals surface area (Å²) in [6, 6.07) is 4.95. The van der Waals surface area contributed by atoms with Crippen molar-refractivity contribution in [2.45, 2.75) is 23.8 Å². The second kappa shape index (κ2) is 9.17. The van der Waals surface area contributed by atoms with Gasteiger partial charge in [0.1, 0.15) is 10.8 Å². The zero-order valence-corrected chi connectivity index (χ0v) is 18.5. The number of amides is 2. The number of phenols is 1. The fraction of sp³-hybridized carbons (Fsp3) is 0.278. The number of urea groups is 1. The average molecular weight is 495 g/mol. The number of halogens is 3. The van der Waals surface area contributed by atoms with Crippen LogP contribution in [0.15, 0.2) is 29.2 Å². The molecular formula is C18H18Cl3N3O5S. The molecule has 1 heterocycles. The Morgan fingerprint density at radius 3 is 2.53 bits per heavy atom. The zero-order chi connectivity index (χ0) is 22.1. The molecule has 2 aromatic carbocycles. The molecule has 1 atom stereocenters. The zero-order valence-electron chi connectivity index (χ0n) is 15.4. The molecule has 0 radical (unpaired) electrons. The van der Waals surface area contributed by atoms with E-state index in [0.717, 1.165) is 12.8 Å². The number of anilines is 1. The summed E-state index contributed by atoms with van der Waals surface area (Å²) in [5.41, 5.74) is 4.88. The largest absolute Gasteiger partial charge is 0.506 e. The number of nitrogens with two attached hydrogens (primary N) is 1. The lowest BCUT2D eigenvalue weighted by atomic mass is 10.0. The van der Waals surface area contributed by atoms with Crippen LogP contribution in [-0.4, -0.2) is 38.8 Å². The van der Waals surface area contributed by atoms with Gasteiger partial charge in [-0.3, -0.25) is 0 Å². The highest BCUT2D eigenvalue weighted by Gasteiger charge is 2.28. The molecule has 0 bridgehead atoms. The molecule has 0 spiro atoms. The summed E-state index contributed by atoms with van der Waals surface area (Å²) in [5.74, 6) is -0.559. The van der Waals surface area contributed by atoms with Crippen LogP contribution in [0.4, 0.5) is 10.5 Å². The van der Waals surface area contributed by atoms with Crippen molar-refractivity contribution in [3.8, 4) is 16.9 Å². The quantitative estimate of drug-likeness (QED) is 0.451. The topological polar surface area (TPSA) is 131 Å². The van der Waals surface area contributed by atoms with Crippen molar-refractivity contribution >= 4 is 56.5 Å². The van der Waals surface area contributed by atoms with Gasteiger partial charge in [-0.2, -0.15) is 0 Å². The maximum Gasteiger partial charge on any atom is 0.316 e. The molecule has 1 aliphatic heterocycles. The molecule has 2 aromatic rings. The number of carbonyl (C=O) groups is 1. The van der Waals surface area contributed by atoms with Crippen molar-refractivity contribution in [2.24, 2.45) is 5.73 Å². The summed E-state index contributed by atoms with van der Waals surface area (Å²) in [6.45, 7) is 0.703. The lowest BCUT2D eigenvalue weighted by Crippen LogP contribution is -2.32. The van der Waals surface area contributed by atoms with Crippen molar-refractivity contribution in [1.29, 1.82) is 0 Å². The molecule has 0 aliphatic carbocycles. The first-order chi connectivity index (χ1) is 14.1. The number of benzene rings is 2. The molecule has 12 heteroatoms. The number of nitrogens with one attached hydrogen (secondary N) is 2. The Labute approximate surface area is 188 Å². The standard InChI is InChI=1S/C18H18Cl3N3O5S/c19-13-12(17(25)15(21)16(14(13)20)24-18(22)26)10-5-1-2-6-11(10)30(27,28)23-8-9-4-3-7-29-9/h1-2,5-6,9,23,25H,3-4,7-8H2,(H3,22,24,26). The Hall–Kier alpha value is -1.75. The van der Waals surface area contributed by atoms with Crippen LogP contribution >= 0.6 is 34.8 Å². The summed E-state index contributed by atoms with van der Waals surface area (Å²) >= 11 is 18.7. The van der Waals surface area contributed by atoms with Gasteiger partial charge < -0.3 is 20.9 Å². The molecule has 162 valence electrons. The number of hydrogen-bond donors (Lipinski definition) is 4. The molecule has 1 aliphatic rings. The lowest BCUT2D eigenvalue weighted by Gasteiger charge is -2.18. The maximum absolute atomic E-state index is 13.0. The van der Waals surface area contributed by atoms with Gasteiger partial charge in [-0.15, -0.1) is 0 Å². The van der Waals surface area contributed by atoms with Crippen LogP contribution in [0.25, 0.3) is 11.1 Å². The van der Waals surface area contributed by atoms with Crippen molar-refractivity contribution < 1.29 is 23.1 Å². The van der Waals surface area contributed by atoms with Crippen molar-refractivity contribution in [3.63, 3.8) is 0 Å². The summed E-state index contributed by atoms with van der Waals surface area (Å²) in [7, 11) is -3.99. The van der Waals surface area contributed by atoms with Gasteiger partial charge in [0.05, 0.1) is 26.7 Å². The van der Waals surface area contributed by atoms with Gasteiger partial charge in [0.25, 0.3) is 0 Å². The van der Waals surface area contributed by atoms with Crippen LogP contribution < -0.4 is 15.8 Å². The SMILES string of the molecule is NC(=O)Nc1c(Cl)c(O)c(-c2ccccc2S(=O)(=O)NCC2CCCO2)c(Cl)c1Cl. The third-order valence-electron chi connectivity index (χ3n) is 4.52. The number of sulfonamides is 1. The molecule has 1 saturated heterocycles. The minimum atomic E-state index is -3.99. The Morgan fingerprint density at radius 1 is 1.20 bits per heavy atom. The maximum atomic E-state index is 13.0. The second-order valence-electron chi connectivity index (χ2n) is 6.51. The van der Waals surface area contributed by atoms with Crippen molar-refractivity contribution in [3.05, 3.63) is 39.3 Å². The van der Waals surface area contributed by atoms with Crippen LogP contribution in [0.3, 0.4) is 0 Å². The molecule has 3 rings (SSSR count). The van der Waals surface area contributed by atoms with Gasteiger partial charge in [0, 0.05) is 24.3 Å². The van der Waals surface area contributed by atoms with E-state index in [9.17, 15) is 18.3 Å². The lowest BCUT2D eigenvalue weighted by molar-refractivity contribution is 0.114. The van der Waals surface area contributed by atoms with E-state index < -0.39 is 21.8 Å². The minimum Gasteiger partial charge on any atom is -0.506 e. The molecule has 1 fully saturated rings. The summed E-state index contributed by atoms with van der Waals surface area (Å²) < 4.78 is 33.9. The molecule has 0 aromatic heterocycles. The van der Waals surface area contributed by atoms with Crippen LogP contribution in [0.5, 0.6) is 5.75 Å². The number of phenolic OH excluding ortho intramolecular Hbond substituents is 1. The van der Waals surface area contributed by atoms with Crippen LogP contribution in [0.1, 0.15) is 12.8 Å². The molecule has 2 amide bonds. The van der Waals surface area contributed by atoms with E-state index in [-0.39, 0.29) is 49.4 Å². The Bertz CT molecular complexity index is 1060. The van der Waals surface area contributed by atoms with Crippen LogP contribution in [0, 0.1) is 0 Å². The van der Waals surface area contributed by atoms with Crippen LogP contribution in [0.2, 0.25) is 15.1 Å². The van der Waals surface area contributed by atoms with Gasteiger partial charge in [0.2, 0.25) is 10.0 Å². The highest BCUT2D eigenvalue weighted by Crippen LogP contribution is 2.51. The normalized spacial score (nSPS) is 16.6. The first kappa shape index (κ1) is 22.9. The predicted molar refractivity (Wildman–Crippen MR) is 116 cm³/mol. The van der Waals surface area contributed by atoms with Crippen molar-refractivity contribution in [1.82, 2.24) is 4.72 Å². The smallest absolute Gasteiger partial charge is 0.316 e. The Kier molecular flexibility index (Phi) is 7.01. The molecule has 30 heavy (non-hydrogen) atoms. The third kappa shape index (κ3) is 4.61. The van der Waals surface area contributed by atoms with E-state index in [1.165, 1.54) is 18.2 Å². The monoisotopic (exact) mass is 493 g/mol. The minimum absolute atomic E-state index is 0.0780. The third-order valence-corrected chi connectivity index (χ3v) is 7.22. The summed E-state index contributed by atoms with van der Waals surface area (Å²) in [5, 5.41) is 12.1. The fourth-order valence-corrected chi connectivity index (χ4v) is 5.20. The van der Waals surface area contributed by atoms with Crippen LogP contribution in [-0.2, 0) is 14.8 Å². The van der Waals surface area contributed by atoms with E-state index in [0.29, 0.717) is 6.61 Å². The van der Waals surface area contributed by atoms with Gasteiger partial charge >= 0.3 is 6.03 Å². The number of rotatable bonds is 6. The van der Waals surface area contributed by atoms with E-state index in [2.05, 4.69) is 10.0 Å². The highest BCUT2D eigenvalue weighted by molar-refractivity contribution is 7.89. The summed E-state index contributed by atoms with van der Waals surface area (Å²) in [4.78, 5) is 11.1. The second-order valence-corrected chi connectivity index (χ2v) is 9.38. The molecule has 1 unspecified atom stereocenters. The average Bonchev–Trinajstić information content (AvgIpc) is 3.22. The number of carbonyl (C=O) groups excluding carboxylic acids is 1. The van der Waals surface area contributed by atoms with E-state index in [1.807, 2.05) is 0 Å². The number of ether oxygens (including phenoxy) is 1. The Morgan fingerprint density at radius 2 is 1.90 bits per heavy atom. The first-order valence-electron chi connectivity index (χ1n) is 8.80. The summed E-state index contributed by atoms with van der Waals surface area (Å²) in [6.07, 6.45) is 1.43. The molecule has 8 nitrogen and oxygen atoms in total. The van der Waals surface area contributed by atoms with Gasteiger partial charge in [-0.25, -0.2) is 17.9 Å². The van der Waals surface area contributed by atoms with Crippen molar-refractivity contribution in [2.75, 3.05) is 18.5 Å². The number of primary amides is 1.